The van der Waals surface area contributed by atoms with Gasteiger partial charge in [0.2, 0.25) is 0 Å². The van der Waals surface area contributed by atoms with Gasteiger partial charge in [-0.25, -0.2) is 13.6 Å². The first-order chi connectivity index (χ1) is 7.08. The van der Waals surface area contributed by atoms with Gasteiger partial charge in [-0.15, -0.1) is 0 Å². The number of primary amides is 1. The fourth-order valence-electron chi connectivity index (χ4n) is 1.74. The maximum Gasteiger partial charge on any atom is 0.315 e. The van der Waals surface area contributed by atoms with Crippen LogP contribution >= 0.6 is 0 Å². The van der Waals surface area contributed by atoms with Gasteiger partial charge in [-0.1, -0.05) is 0 Å². The lowest BCUT2D eigenvalue weighted by atomic mass is 9.99. The van der Waals surface area contributed by atoms with Crippen molar-refractivity contribution in [2.75, 3.05) is 6.54 Å². The first-order valence-electron chi connectivity index (χ1n) is 4.59. The predicted octanol–water partition coefficient (Wildman–Crippen LogP) is 1.40. The molecule has 1 aliphatic heterocycles. The van der Waals surface area contributed by atoms with Gasteiger partial charge in [0, 0.05) is 13.1 Å². The molecule has 2 rings (SSSR count). The number of nitrogens with two attached hydrogens (primary N) is 1. The van der Waals surface area contributed by atoms with E-state index in [2.05, 4.69) is 0 Å². The molecule has 1 aromatic rings. The molecule has 0 aromatic heterocycles. The smallest absolute Gasteiger partial charge is 0.315 e. The predicted molar refractivity (Wildman–Crippen MR) is 50.1 cm³/mol. The van der Waals surface area contributed by atoms with Crippen LogP contribution in [-0.4, -0.2) is 17.5 Å². The highest BCUT2D eigenvalue weighted by atomic mass is 19.2. The first-order valence-corrected chi connectivity index (χ1v) is 4.59. The molecule has 1 aromatic carbocycles. The Balaban J connectivity index is 2.34. The SMILES string of the molecule is NC(=O)N1CCc2cc(F)c(F)cc2C1. The van der Waals surface area contributed by atoms with E-state index in [0.29, 0.717) is 18.5 Å². The number of rotatable bonds is 0. The summed E-state index contributed by atoms with van der Waals surface area (Å²) in [6.45, 7) is 0.704. The summed E-state index contributed by atoms with van der Waals surface area (Å²) in [5.74, 6) is -1.73. The van der Waals surface area contributed by atoms with Gasteiger partial charge >= 0.3 is 6.03 Å². The number of hydrogen-bond acceptors (Lipinski definition) is 1. The van der Waals surface area contributed by atoms with Gasteiger partial charge in [-0.2, -0.15) is 0 Å². The molecule has 3 nitrogen and oxygen atoms in total. The van der Waals surface area contributed by atoms with E-state index in [-0.39, 0.29) is 6.54 Å². The Morgan fingerprint density at radius 3 is 2.47 bits per heavy atom. The fourth-order valence-corrected chi connectivity index (χ4v) is 1.74. The molecule has 0 aliphatic carbocycles. The van der Waals surface area contributed by atoms with Gasteiger partial charge in [-0.05, 0) is 29.7 Å². The molecule has 0 unspecified atom stereocenters. The van der Waals surface area contributed by atoms with Crippen molar-refractivity contribution in [2.45, 2.75) is 13.0 Å². The molecule has 1 heterocycles. The van der Waals surface area contributed by atoms with Gasteiger partial charge in [0.25, 0.3) is 0 Å². The number of hydrogen-bond donors (Lipinski definition) is 1. The summed E-state index contributed by atoms with van der Waals surface area (Å²) in [5.41, 5.74) is 6.48. The van der Waals surface area contributed by atoms with Crippen LogP contribution in [0.25, 0.3) is 0 Å². The molecule has 1 aliphatic rings. The van der Waals surface area contributed by atoms with Crippen molar-refractivity contribution in [3.05, 3.63) is 34.9 Å². The fraction of sp³-hybridized carbons (Fsp3) is 0.300. The van der Waals surface area contributed by atoms with Crippen molar-refractivity contribution in [1.29, 1.82) is 0 Å². The molecule has 5 heteroatoms. The van der Waals surface area contributed by atoms with Crippen molar-refractivity contribution in [2.24, 2.45) is 5.73 Å². The van der Waals surface area contributed by atoms with Crippen LogP contribution < -0.4 is 5.73 Å². The summed E-state index contributed by atoms with van der Waals surface area (Å²) in [5, 5.41) is 0. The largest absolute Gasteiger partial charge is 0.351 e. The highest BCUT2D eigenvalue weighted by Gasteiger charge is 2.20. The topological polar surface area (TPSA) is 46.3 Å². The molecular formula is C10H10F2N2O. The van der Waals surface area contributed by atoms with E-state index in [1.54, 1.807) is 0 Å². The lowest BCUT2D eigenvalue weighted by molar-refractivity contribution is 0.202. The number of carbonyl (C=O) groups is 1. The van der Waals surface area contributed by atoms with Gasteiger partial charge < -0.3 is 10.6 Å². The summed E-state index contributed by atoms with van der Waals surface area (Å²) in [6, 6.07) is 1.77. The third-order valence-corrected chi connectivity index (χ3v) is 2.57. The highest BCUT2D eigenvalue weighted by Crippen LogP contribution is 2.21. The summed E-state index contributed by atoms with van der Waals surface area (Å²) < 4.78 is 25.8. The van der Waals surface area contributed by atoms with E-state index in [9.17, 15) is 13.6 Å². The number of benzene rings is 1. The molecule has 0 bridgehead atoms. The number of fused-ring (bicyclic) bond motifs is 1. The minimum Gasteiger partial charge on any atom is -0.351 e. The molecule has 0 saturated carbocycles. The van der Waals surface area contributed by atoms with Gasteiger partial charge in [0.1, 0.15) is 0 Å². The molecule has 0 spiro atoms. The van der Waals surface area contributed by atoms with Gasteiger partial charge in [0.15, 0.2) is 11.6 Å². The Morgan fingerprint density at radius 2 is 1.87 bits per heavy atom. The molecule has 0 saturated heterocycles. The van der Waals surface area contributed by atoms with Crippen LogP contribution in [0.4, 0.5) is 13.6 Å². The van der Waals surface area contributed by atoms with Crippen LogP contribution in [0, 0.1) is 11.6 Å². The van der Waals surface area contributed by atoms with E-state index in [0.717, 1.165) is 11.6 Å². The van der Waals surface area contributed by atoms with Crippen LogP contribution in [0.1, 0.15) is 11.1 Å². The summed E-state index contributed by atoms with van der Waals surface area (Å²) in [7, 11) is 0. The number of halogens is 2. The normalized spacial score (nSPS) is 14.9. The molecule has 0 fully saturated rings. The molecule has 2 amide bonds. The Kier molecular flexibility index (Phi) is 2.30. The summed E-state index contributed by atoms with van der Waals surface area (Å²) >= 11 is 0. The van der Waals surface area contributed by atoms with Gasteiger partial charge in [0.05, 0.1) is 0 Å². The quantitative estimate of drug-likeness (QED) is 0.694. The average Bonchev–Trinajstić information content (AvgIpc) is 2.19. The van der Waals surface area contributed by atoms with E-state index in [4.69, 9.17) is 5.73 Å². The van der Waals surface area contributed by atoms with Crippen LogP contribution in [0.15, 0.2) is 12.1 Å². The number of amides is 2. The lowest BCUT2D eigenvalue weighted by Crippen LogP contribution is -2.39. The molecule has 0 radical (unpaired) electrons. The minimum atomic E-state index is -0.889. The molecule has 0 atom stereocenters. The number of nitrogens with zero attached hydrogens (tertiary/aromatic N) is 1. The zero-order chi connectivity index (χ0) is 11.0. The Hall–Kier alpha value is -1.65. The number of carbonyl (C=O) groups excluding carboxylic acids is 1. The standard InChI is InChI=1S/C10H10F2N2O/c11-8-3-6-1-2-14(10(13)15)5-7(6)4-9(8)12/h3-4H,1-2,5H2,(H2,13,15). The third kappa shape index (κ3) is 1.77. The Labute approximate surface area is 85.5 Å². The second-order valence-electron chi connectivity index (χ2n) is 3.54. The van der Waals surface area contributed by atoms with Gasteiger partial charge in [-0.3, -0.25) is 0 Å². The molecule has 15 heavy (non-hydrogen) atoms. The van der Waals surface area contributed by atoms with Crippen LogP contribution in [0.2, 0.25) is 0 Å². The Bertz CT molecular complexity index is 420. The second kappa shape index (κ2) is 3.49. The van der Waals surface area contributed by atoms with Crippen LogP contribution in [-0.2, 0) is 13.0 Å². The molecule has 80 valence electrons. The second-order valence-corrected chi connectivity index (χ2v) is 3.54. The maximum atomic E-state index is 12.9. The zero-order valence-corrected chi connectivity index (χ0v) is 7.96. The maximum absolute atomic E-state index is 12.9. The monoisotopic (exact) mass is 212 g/mol. The minimum absolute atomic E-state index is 0.252. The Morgan fingerprint density at radius 1 is 1.27 bits per heavy atom. The number of urea groups is 1. The van der Waals surface area contributed by atoms with E-state index in [1.165, 1.54) is 11.0 Å². The molecular weight excluding hydrogens is 202 g/mol. The van der Waals surface area contributed by atoms with Crippen molar-refractivity contribution < 1.29 is 13.6 Å². The van der Waals surface area contributed by atoms with E-state index >= 15 is 0 Å². The average molecular weight is 212 g/mol. The third-order valence-electron chi connectivity index (χ3n) is 2.57. The van der Waals surface area contributed by atoms with E-state index in [1.807, 2.05) is 0 Å². The zero-order valence-electron chi connectivity index (χ0n) is 7.96. The summed E-state index contributed by atoms with van der Waals surface area (Å²) in [6.07, 6.45) is 0.509. The van der Waals surface area contributed by atoms with Crippen molar-refractivity contribution in [3.8, 4) is 0 Å². The first kappa shape index (κ1) is 9.89. The van der Waals surface area contributed by atoms with E-state index < -0.39 is 17.7 Å². The lowest BCUT2D eigenvalue weighted by Gasteiger charge is -2.27. The summed E-state index contributed by atoms with van der Waals surface area (Å²) in [4.78, 5) is 12.3. The molecule has 2 N–H and O–H groups in total. The van der Waals surface area contributed by atoms with Crippen molar-refractivity contribution in [3.63, 3.8) is 0 Å². The van der Waals surface area contributed by atoms with Crippen molar-refractivity contribution >= 4 is 6.03 Å². The van der Waals surface area contributed by atoms with Crippen LogP contribution in [0.5, 0.6) is 0 Å². The van der Waals surface area contributed by atoms with Crippen LogP contribution in [0.3, 0.4) is 0 Å². The highest BCUT2D eigenvalue weighted by molar-refractivity contribution is 5.72. The van der Waals surface area contributed by atoms with Crippen molar-refractivity contribution in [1.82, 2.24) is 4.90 Å².